The number of benzene rings is 1. The van der Waals surface area contributed by atoms with E-state index in [0.29, 0.717) is 10.5 Å². The van der Waals surface area contributed by atoms with Crippen LogP contribution in [0.15, 0.2) is 30.3 Å². The highest BCUT2D eigenvalue weighted by Gasteiger charge is 2.27. The van der Waals surface area contributed by atoms with Gasteiger partial charge in [0.05, 0.1) is 22.8 Å². The first kappa shape index (κ1) is 16.9. The van der Waals surface area contributed by atoms with Crippen molar-refractivity contribution in [2.45, 2.75) is 38.2 Å². The lowest BCUT2D eigenvalue weighted by Gasteiger charge is -2.34. The molecule has 2 amide bonds. The van der Waals surface area contributed by atoms with Gasteiger partial charge in [-0.3, -0.25) is 0 Å². The molecule has 2 aromatic rings. The molecular formula is C18H24N4OS. The Morgan fingerprint density at radius 1 is 1.17 bits per heavy atom. The molecular weight excluding hydrogens is 320 g/mol. The van der Waals surface area contributed by atoms with Crippen LogP contribution in [0.25, 0.3) is 5.69 Å². The van der Waals surface area contributed by atoms with Gasteiger partial charge in [0.2, 0.25) is 0 Å². The minimum Gasteiger partial charge on any atom is -0.322 e. The molecule has 2 atom stereocenters. The normalized spacial score (nSPS) is 20.9. The number of urea groups is 1. The molecule has 2 heterocycles. The number of para-hydroxylation sites is 1. The summed E-state index contributed by atoms with van der Waals surface area (Å²) in [5.74, 6) is 0. The smallest absolute Gasteiger partial charge is 0.322 e. The lowest BCUT2D eigenvalue weighted by molar-refractivity contribution is 0.211. The Hall–Kier alpha value is -1.95. The topological polar surface area (TPSA) is 50.2 Å². The fourth-order valence-electron chi connectivity index (χ4n) is 3.17. The number of carbonyl (C=O) groups is 1. The summed E-state index contributed by atoms with van der Waals surface area (Å²) in [7, 11) is 0. The van der Waals surface area contributed by atoms with Crippen molar-refractivity contribution in [3.63, 3.8) is 0 Å². The summed E-state index contributed by atoms with van der Waals surface area (Å²) in [6.45, 7) is 9.83. The average molecular weight is 344 g/mol. The predicted octanol–water partition coefficient (Wildman–Crippen LogP) is 3.85. The maximum Gasteiger partial charge on any atom is 0.322 e. The van der Waals surface area contributed by atoms with Gasteiger partial charge in [0.15, 0.2) is 0 Å². The Morgan fingerprint density at radius 3 is 2.42 bits per heavy atom. The van der Waals surface area contributed by atoms with Gasteiger partial charge in [-0.2, -0.15) is 16.9 Å². The first-order valence-electron chi connectivity index (χ1n) is 8.28. The fourth-order valence-corrected chi connectivity index (χ4v) is 4.50. The summed E-state index contributed by atoms with van der Waals surface area (Å²) in [5.41, 5.74) is 3.58. The maximum atomic E-state index is 12.7. The van der Waals surface area contributed by atoms with Crippen molar-refractivity contribution in [2.75, 3.05) is 18.4 Å². The van der Waals surface area contributed by atoms with Gasteiger partial charge in [-0.15, -0.1) is 0 Å². The Bertz CT molecular complexity index is 718. The zero-order valence-electron chi connectivity index (χ0n) is 14.6. The van der Waals surface area contributed by atoms with Gasteiger partial charge in [0, 0.05) is 23.6 Å². The van der Waals surface area contributed by atoms with Crippen molar-refractivity contribution < 1.29 is 4.79 Å². The Kier molecular flexibility index (Phi) is 4.85. The van der Waals surface area contributed by atoms with E-state index in [1.54, 1.807) is 0 Å². The van der Waals surface area contributed by atoms with Gasteiger partial charge in [0.1, 0.15) is 0 Å². The third kappa shape index (κ3) is 3.43. The number of nitrogens with zero attached hydrogens (tertiary/aromatic N) is 3. The summed E-state index contributed by atoms with van der Waals surface area (Å²) in [5, 5.41) is 8.59. The van der Waals surface area contributed by atoms with Crippen molar-refractivity contribution in [3.05, 3.63) is 41.7 Å². The number of hydrogen-bond donors (Lipinski definition) is 1. The quantitative estimate of drug-likeness (QED) is 0.900. The summed E-state index contributed by atoms with van der Waals surface area (Å²) in [6.07, 6.45) is 0. The second kappa shape index (κ2) is 6.89. The Balaban J connectivity index is 1.80. The van der Waals surface area contributed by atoms with Crippen LogP contribution >= 0.6 is 11.8 Å². The lowest BCUT2D eigenvalue weighted by Crippen LogP contribution is -2.46. The molecule has 1 aromatic carbocycles. The van der Waals surface area contributed by atoms with E-state index < -0.39 is 0 Å². The monoisotopic (exact) mass is 344 g/mol. The Labute approximate surface area is 147 Å². The molecule has 1 N–H and O–H groups in total. The first-order chi connectivity index (χ1) is 11.5. The number of hydrogen-bond acceptors (Lipinski definition) is 3. The van der Waals surface area contributed by atoms with E-state index in [-0.39, 0.29) is 6.03 Å². The van der Waals surface area contributed by atoms with Crippen molar-refractivity contribution >= 4 is 23.5 Å². The van der Waals surface area contributed by atoms with Crippen LogP contribution in [0.1, 0.15) is 25.2 Å². The number of thioether (sulfide) groups is 1. The predicted molar refractivity (Wildman–Crippen MR) is 100 cm³/mol. The van der Waals surface area contributed by atoms with Gasteiger partial charge < -0.3 is 10.2 Å². The average Bonchev–Trinajstić information content (AvgIpc) is 2.83. The standard InChI is InChI=1S/C18H24N4OS/c1-12-10-21(11-13(2)24-12)18(23)19-17-14(3)20-22(15(17)4)16-8-6-5-7-9-16/h5-9,12-13H,10-11H2,1-4H3,(H,19,23). The first-order valence-corrected chi connectivity index (χ1v) is 9.23. The number of aryl methyl sites for hydroxylation is 1. The molecule has 1 aliphatic heterocycles. The summed E-state index contributed by atoms with van der Waals surface area (Å²) in [6, 6.07) is 9.94. The van der Waals surface area contributed by atoms with Crippen molar-refractivity contribution in [1.29, 1.82) is 0 Å². The zero-order chi connectivity index (χ0) is 17.3. The largest absolute Gasteiger partial charge is 0.322 e. The molecule has 0 bridgehead atoms. The molecule has 3 rings (SSSR count). The number of nitrogens with one attached hydrogen (secondary N) is 1. The summed E-state index contributed by atoms with van der Waals surface area (Å²) in [4.78, 5) is 14.6. The highest BCUT2D eigenvalue weighted by atomic mass is 32.2. The van der Waals surface area contributed by atoms with Crippen LogP contribution in [0.4, 0.5) is 10.5 Å². The Morgan fingerprint density at radius 2 is 1.79 bits per heavy atom. The molecule has 1 saturated heterocycles. The lowest BCUT2D eigenvalue weighted by atomic mass is 10.3. The number of carbonyl (C=O) groups excluding carboxylic acids is 1. The van der Waals surface area contributed by atoms with E-state index >= 15 is 0 Å². The van der Waals surface area contributed by atoms with E-state index in [4.69, 9.17) is 0 Å². The molecule has 0 aliphatic carbocycles. The van der Waals surface area contributed by atoms with Crippen LogP contribution in [0, 0.1) is 13.8 Å². The molecule has 2 unspecified atom stereocenters. The van der Waals surface area contributed by atoms with Gasteiger partial charge in [-0.1, -0.05) is 32.0 Å². The van der Waals surface area contributed by atoms with E-state index in [1.807, 2.05) is 65.5 Å². The minimum atomic E-state index is -0.0344. The molecule has 0 spiro atoms. The summed E-state index contributed by atoms with van der Waals surface area (Å²) >= 11 is 1.94. The maximum absolute atomic E-state index is 12.7. The minimum absolute atomic E-state index is 0.0344. The molecule has 6 heteroatoms. The zero-order valence-corrected chi connectivity index (χ0v) is 15.4. The van der Waals surface area contributed by atoms with Gasteiger partial charge in [-0.25, -0.2) is 9.48 Å². The number of aromatic nitrogens is 2. The van der Waals surface area contributed by atoms with Crippen LogP contribution in [0.2, 0.25) is 0 Å². The van der Waals surface area contributed by atoms with E-state index in [2.05, 4.69) is 24.3 Å². The molecule has 1 fully saturated rings. The molecule has 0 radical (unpaired) electrons. The highest BCUT2D eigenvalue weighted by molar-refractivity contribution is 8.00. The highest BCUT2D eigenvalue weighted by Crippen LogP contribution is 2.27. The van der Waals surface area contributed by atoms with Crippen LogP contribution in [0.5, 0.6) is 0 Å². The molecule has 1 aromatic heterocycles. The molecule has 5 nitrogen and oxygen atoms in total. The second-order valence-electron chi connectivity index (χ2n) is 6.39. The fraction of sp³-hybridized carbons (Fsp3) is 0.444. The van der Waals surface area contributed by atoms with Crippen molar-refractivity contribution in [2.24, 2.45) is 0 Å². The summed E-state index contributed by atoms with van der Waals surface area (Å²) < 4.78 is 1.88. The number of amides is 2. The molecule has 128 valence electrons. The number of rotatable bonds is 2. The van der Waals surface area contributed by atoms with E-state index in [9.17, 15) is 4.79 Å². The second-order valence-corrected chi connectivity index (χ2v) is 8.27. The van der Waals surface area contributed by atoms with Crippen LogP contribution in [-0.4, -0.2) is 44.3 Å². The van der Waals surface area contributed by atoms with E-state index in [0.717, 1.165) is 35.9 Å². The van der Waals surface area contributed by atoms with Gasteiger partial charge in [-0.05, 0) is 26.0 Å². The van der Waals surface area contributed by atoms with Crippen molar-refractivity contribution in [3.8, 4) is 5.69 Å². The van der Waals surface area contributed by atoms with Crippen molar-refractivity contribution in [1.82, 2.24) is 14.7 Å². The number of anilines is 1. The molecule has 0 saturated carbocycles. The SMILES string of the molecule is Cc1nn(-c2ccccc2)c(C)c1NC(=O)N1CC(C)SC(C)C1. The third-order valence-corrected chi connectivity index (χ3v) is 5.46. The van der Waals surface area contributed by atoms with Crippen LogP contribution in [0.3, 0.4) is 0 Å². The van der Waals surface area contributed by atoms with Gasteiger partial charge >= 0.3 is 6.03 Å². The molecule has 1 aliphatic rings. The van der Waals surface area contributed by atoms with Gasteiger partial charge in [0.25, 0.3) is 0 Å². The van der Waals surface area contributed by atoms with Crippen LogP contribution in [-0.2, 0) is 0 Å². The van der Waals surface area contributed by atoms with Crippen LogP contribution < -0.4 is 5.32 Å². The molecule has 24 heavy (non-hydrogen) atoms. The van der Waals surface area contributed by atoms with E-state index in [1.165, 1.54) is 0 Å². The third-order valence-electron chi connectivity index (χ3n) is 4.23.